The number of carbonyl (C=O) groups excluding carboxylic acids is 1. The lowest BCUT2D eigenvalue weighted by Crippen LogP contribution is -2.25. The Morgan fingerprint density at radius 3 is 2.88 bits per heavy atom. The highest BCUT2D eigenvalue weighted by atomic mass is 32.1. The Morgan fingerprint density at radius 1 is 1.24 bits per heavy atom. The molecule has 0 saturated heterocycles. The molecular formula is C19H20N2O2S2. The summed E-state index contributed by atoms with van der Waals surface area (Å²) in [6.45, 7) is 5.07. The van der Waals surface area contributed by atoms with Crippen molar-refractivity contribution in [2.75, 3.05) is 13.2 Å². The number of hydrogen-bond acceptors (Lipinski definition) is 5. The van der Waals surface area contributed by atoms with Gasteiger partial charge in [-0.25, -0.2) is 4.98 Å². The van der Waals surface area contributed by atoms with Gasteiger partial charge in [-0.1, -0.05) is 18.2 Å². The molecule has 0 fully saturated rings. The Balaban J connectivity index is 1.46. The topological polar surface area (TPSA) is 51.2 Å². The molecule has 1 aromatic carbocycles. The molecule has 4 nitrogen and oxygen atoms in total. The Morgan fingerprint density at radius 2 is 2.12 bits per heavy atom. The van der Waals surface area contributed by atoms with Gasteiger partial charge >= 0.3 is 0 Å². The molecule has 2 aromatic heterocycles. The molecule has 25 heavy (non-hydrogen) atoms. The second-order valence-electron chi connectivity index (χ2n) is 5.69. The van der Waals surface area contributed by atoms with Gasteiger partial charge in [-0.05, 0) is 49.4 Å². The van der Waals surface area contributed by atoms with E-state index in [0.717, 1.165) is 27.7 Å². The van der Waals surface area contributed by atoms with E-state index in [1.54, 1.807) is 11.3 Å². The van der Waals surface area contributed by atoms with Gasteiger partial charge in [-0.3, -0.25) is 4.79 Å². The molecule has 0 aliphatic rings. The van der Waals surface area contributed by atoms with Gasteiger partial charge in [-0.2, -0.15) is 0 Å². The number of aromatic nitrogens is 1. The van der Waals surface area contributed by atoms with Gasteiger partial charge < -0.3 is 10.1 Å². The van der Waals surface area contributed by atoms with E-state index < -0.39 is 0 Å². The summed E-state index contributed by atoms with van der Waals surface area (Å²) in [6.07, 6.45) is 0.759. The number of hydrogen-bond donors (Lipinski definition) is 1. The molecule has 0 atom stereocenters. The molecule has 1 N–H and O–H groups in total. The van der Waals surface area contributed by atoms with Crippen LogP contribution in [0.4, 0.5) is 0 Å². The summed E-state index contributed by atoms with van der Waals surface area (Å²) in [5, 5.41) is 5.87. The van der Waals surface area contributed by atoms with Crippen molar-refractivity contribution in [3.8, 4) is 15.6 Å². The fourth-order valence-electron chi connectivity index (χ4n) is 2.36. The third-order valence-electron chi connectivity index (χ3n) is 3.60. The molecule has 130 valence electrons. The lowest BCUT2D eigenvalue weighted by molar-refractivity contribution is 0.0955. The van der Waals surface area contributed by atoms with E-state index in [1.165, 1.54) is 16.9 Å². The van der Waals surface area contributed by atoms with Crippen LogP contribution in [0.15, 0.2) is 41.8 Å². The number of ether oxygens (including phenoxy) is 1. The number of thiophene rings is 1. The largest absolute Gasteiger partial charge is 0.494 e. The van der Waals surface area contributed by atoms with Crippen LogP contribution in [0.2, 0.25) is 0 Å². The zero-order valence-corrected chi connectivity index (χ0v) is 15.9. The molecular weight excluding hydrogens is 352 g/mol. The smallest absolute Gasteiger partial charge is 0.263 e. The van der Waals surface area contributed by atoms with Crippen LogP contribution in [0.5, 0.6) is 5.75 Å². The molecule has 2 heterocycles. The van der Waals surface area contributed by atoms with Crippen molar-refractivity contribution in [3.05, 3.63) is 57.9 Å². The highest BCUT2D eigenvalue weighted by Crippen LogP contribution is 2.30. The molecule has 0 spiro atoms. The van der Waals surface area contributed by atoms with Crippen LogP contribution < -0.4 is 10.1 Å². The number of nitrogens with zero attached hydrogens (tertiary/aromatic N) is 1. The highest BCUT2D eigenvalue weighted by Gasteiger charge is 2.16. The normalized spacial score (nSPS) is 10.6. The average Bonchev–Trinajstić information content (AvgIpc) is 3.24. The summed E-state index contributed by atoms with van der Waals surface area (Å²) in [5.74, 6) is 0.804. The van der Waals surface area contributed by atoms with Crippen LogP contribution in [-0.2, 0) is 0 Å². The lowest BCUT2D eigenvalue weighted by atomic mass is 10.2. The van der Waals surface area contributed by atoms with E-state index in [0.29, 0.717) is 18.0 Å². The van der Waals surface area contributed by atoms with Crippen molar-refractivity contribution in [2.24, 2.45) is 0 Å². The molecule has 3 aromatic rings. The van der Waals surface area contributed by atoms with E-state index in [2.05, 4.69) is 10.3 Å². The first-order valence-corrected chi connectivity index (χ1v) is 9.82. The van der Waals surface area contributed by atoms with E-state index in [1.807, 2.05) is 55.6 Å². The average molecular weight is 373 g/mol. The number of thiazole rings is 1. The fourth-order valence-corrected chi connectivity index (χ4v) is 4.14. The maximum absolute atomic E-state index is 12.3. The lowest BCUT2D eigenvalue weighted by Gasteiger charge is -2.07. The summed E-state index contributed by atoms with van der Waals surface area (Å²) in [4.78, 5) is 18.6. The Labute approximate surface area is 155 Å². The number of nitrogens with one attached hydrogen (secondary N) is 1. The van der Waals surface area contributed by atoms with Crippen molar-refractivity contribution in [1.29, 1.82) is 0 Å². The third-order valence-corrected chi connectivity index (χ3v) is 5.79. The number of rotatable bonds is 7. The molecule has 0 saturated carbocycles. The van der Waals surface area contributed by atoms with Gasteiger partial charge in [-0.15, -0.1) is 22.7 Å². The zero-order valence-electron chi connectivity index (χ0n) is 14.2. The molecule has 0 aliphatic carbocycles. The van der Waals surface area contributed by atoms with Crippen molar-refractivity contribution < 1.29 is 9.53 Å². The van der Waals surface area contributed by atoms with Crippen LogP contribution in [-0.4, -0.2) is 24.0 Å². The van der Waals surface area contributed by atoms with Crippen LogP contribution in [0.25, 0.3) is 9.88 Å². The minimum Gasteiger partial charge on any atom is -0.494 e. The Kier molecular flexibility index (Phi) is 5.83. The van der Waals surface area contributed by atoms with Crippen LogP contribution in [0.3, 0.4) is 0 Å². The zero-order chi connectivity index (χ0) is 17.6. The molecule has 6 heteroatoms. The van der Waals surface area contributed by atoms with Gasteiger partial charge in [0.2, 0.25) is 0 Å². The first kappa shape index (κ1) is 17.6. The van der Waals surface area contributed by atoms with Crippen molar-refractivity contribution in [2.45, 2.75) is 20.3 Å². The molecule has 1 amide bonds. The van der Waals surface area contributed by atoms with Gasteiger partial charge in [0.05, 0.1) is 17.2 Å². The second-order valence-corrected chi connectivity index (χ2v) is 7.63. The van der Waals surface area contributed by atoms with Gasteiger partial charge in [0.25, 0.3) is 5.91 Å². The van der Waals surface area contributed by atoms with Crippen LogP contribution in [0, 0.1) is 13.8 Å². The number of carbonyl (C=O) groups is 1. The monoisotopic (exact) mass is 372 g/mol. The quantitative estimate of drug-likeness (QED) is 0.612. The fraction of sp³-hybridized carbons (Fsp3) is 0.263. The standard InChI is InChI=1S/C19H20N2O2S2/c1-13-6-3-7-15(12-13)23-10-5-9-20-18(22)17-14(2)21-19(25-17)16-8-4-11-24-16/h3-4,6-8,11-12H,5,9-10H2,1-2H3,(H,20,22). The predicted octanol–water partition coefficient (Wildman–Crippen LogP) is 4.69. The highest BCUT2D eigenvalue weighted by molar-refractivity contribution is 7.22. The molecule has 0 aliphatic heterocycles. The summed E-state index contributed by atoms with van der Waals surface area (Å²) < 4.78 is 5.69. The van der Waals surface area contributed by atoms with Crippen LogP contribution >= 0.6 is 22.7 Å². The minimum atomic E-state index is -0.0617. The van der Waals surface area contributed by atoms with E-state index in [4.69, 9.17) is 4.74 Å². The summed E-state index contributed by atoms with van der Waals surface area (Å²) in [6, 6.07) is 12.0. The number of amides is 1. The molecule has 0 bridgehead atoms. The summed E-state index contributed by atoms with van der Waals surface area (Å²) >= 11 is 3.08. The maximum Gasteiger partial charge on any atom is 0.263 e. The van der Waals surface area contributed by atoms with Gasteiger partial charge in [0, 0.05) is 6.54 Å². The molecule has 0 radical (unpaired) electrons. The predicted molar refractivity (Wildman–Crippen MR) is 104 cm³/mol. The van der Waals surface area contributed by atoms with E-state index >= 15 is 0 Å². The summed E-state index contributed by atoms with van der Waals surface area (Å²) in [5.41, 5.74) is 1.95. The van der Waals surface area contributed by atoms with Crippen molar-refractivity contribution >= 4 is 28.6 Å². The Bertz CT molecular complexity index is 841. The van der Waals surface area contributed by atoms with E-state index in [9.17, 15) is 4.79 Å². The van der Waals surface area contributed by atoms with Crippen LogP contribution in [0.1, 0.15) is 27.3 Å². The third kappa shape index (κ3) is 4.67. The van der Waals surface area contributed by atoms with Crippen molar-refractivity contribution in [1.82, 2.24) is 10.3 Å². The number of benzene rings is 1. The number of aryl methyl sites for hydroxylation is 2. The summed E-state index contributed by atoms with van der Waals surface area (Å²) in [7, 11) is 0. The van der Waals surface area contributed by atoms with E-state index in [-0.39, 0.29) is 5.91 Å². The maximum atomic E-state index is 12.3. The minimum absolute atomic E-state index is 0.0617. The SMILES string of the molecule is Cc1cccc(OCCCNC(=O)c2sc(-c3cccs3)nc2C)c1. The first-order chi connectivity index (χ1) is 12.1. The van der Waals surface area contributed by atoms with Crippen molar-refractivity contribution in [3.63, 3.8) is 0 Å². The molecule has 3 rings (SSSR count). The Hall–Kier alpha value is -2.18. The second kappa shape index (κ2) is 8.27. The first-order valence-electron chi connectivity index (χ1n) is 8.12. The van der Waals surface area contributed by atoms with Gasteiger partial charge in [0.1, 0.15) is 15.6 Å². The molecule has 0 unspecified atom stereocenters. The van der Waals surface area contributed by atoms with Gasteiger partial charge in [0.15, 0.2) is 0 Å².